The Labute approximate surface area is 96.5 Å². The third-order valence-corrected chi connectivity index (χ3v) is 2.64. The lowest BCUT2D eigenvalue weighted by Crippen LogP contribution is -2.31. The van der Waals surface area contributed by atoms with E-state index in [1.165, 1.54) is 6.07 Å². The van der Waals surface area contributed by atoms with Gasteiger partial charge in [0.2, 0.25) is 5.09 Å². The summed E-state index contributed by atoms with van der Waals surface area (Å²) in [6.45, 7) is -0.317. The van der Waals surface area contributed by atoms with Crippen LogP contribution in [0.15, 0.2) is 21.6 Å². The van der Waals surface area contributed by atoms with Gasteiger partial charge >= 0.3 is 0 Å². The van der Waals surface area contributed by atoms with Gasteiger partial charge in [0.15, 0.2) is 0 Å². The topological polar surface area (TPSA) is 106 Å². The molecule has 0 bridgehead atoms. The Morgan fingerprint density at radius 2 is 2.12 bits per heavy atom. The number of sulfonamides is 1. The van der Waals surface area contributed by atoms with Crippen LogP contribution in [0.1, 0.15) is 5.76 Å². The van der Waals surface area contributed by atoms with Crippen LogP contribution in [-0.4, -0.2) is 32.6 Å². The summed E-state index contributed by atoms with van der Waals surface area (Å²) in [6, 6.07) is 2.51. The first kappa shape index (κ1) is 14.0. The number of hydrogen-bond donors (Lipinski definition) is 3. The van der Waals surface area contributed by atoms with Crippen LogP contribution in [0.3, 0.4) is 0 Å². The summed E-state index contributed by atoms with van der Waals surface area (Å²) in [5.41, 5.74) is 0. The highest BCUT2D eigenvalue weighted by molar-refractivity contribution is 7.89. The van der Waals surface area contributed by atoms with E-state index in [9.17, 15) is 17.2 Å². The summed E-state index contributed by atoms with van der Waals surface area (Å²) in [5, 5.41) is 15.7. The highest BCUT2D eigenvalue weighted by atomic mass is 32.2. The maximum atomic E-state index is 11.9. The van der Waals surface area contributed by atoms with Gasteiger partial charge in [0.1, 0.15) is 11.9 Å². The number of halogens is 2. The first-order valence-corrected chi connectivity index (χ1v) is 6.14. The minimum atomic E-state index is -3.90. The van der Waals surface area contributed by atoms with Crippen LogP contribution in [0.4, 0.5) is 8.78 Å². The Kier molecular flexibility index (Phi) is 4.57. The normalized spacial score (nSPS) is 14.2. The number of aliphatic hydroxyl groups excluding tert-OH is 1. The molecule has 1 aromatic rings. The van der Waals surface area contributed by atoms with E-state index < -0.39 is 27.6 Å². The van der Waals surface area contributed by atoms with Crippen molar-refractivity contribution in [1.29, 1.82) is 0 Å². The largest absolute Gasteiger partial charge is 0.447 e. The van der Waals surface area contributed by atoms with E-state index in [1.54, 1.807) is 0 Å². The summed E-state index contributed by atoms with van der Waals surface area (Å²) in [7, 11) is -3.90. The molecule has 1 rings (SSSR count). The van der Waals surface area contributed by atoms with Crippen molar-refractivity contribution in [2.24, 2.45) is 5.14 Å². The Morgan fingerprint density at radius 3 is 2.59 bits per heavy atom. The molecule has 1 atom stereocenters. The monoisotopic (exact) mass is 270 g/mol. The first-order valence-electron chi connectivity index (χ1n) is 4.59. The number of nitrogens with two attached hydrogens (primary N) is 1. The molecule has 17 heavy (non-hydrogen) atoms. The average Bonchev–Trinajstić information content (AvgIpc) is 2.65. The van der Waals surface area contributed by atoms with E-state index in [1.807, 2.05) is 0 Å². The standard InChI is InChI=1S/C8H12F2N2O4S/c9-8(10)6(13)4-12-3-5-1-2-7(16-5)17(11,14)15/h1-2,6,8,12-13H,3-4H2,(H2,11,14,15). The third-order valence-electron chi connectivity index (χ3n) is 1.86. The first-order chi connectivity index (χ1) is 7.80. The Morgan fingerprint density at radius 1 is 1.47 bits per heavy atom. The van der Waals surface area contributed by atoms with Crippen molar-refractivity contribution >= 4 is 10.0 Å². The maximum absolute atomic E-state index is 11.9. The number of furan rings is 1. The lowest BCUT2D eigenvalue weighted by atomic mass is 10.3. The number of nitrogens with one attached hydrogen (secondary N) is 1. The second kappa shape index (κ2) is 5.54. The molecule has 0 aromatic carbocycles. The fraction of sp³-hybridized carbons (Fsp3) is 0.500. The molecule has 0 fully saturated rings. The number of hydrogen-bond acceptors (Lipinski definition) is 5. The molecule has 4 N–H and O–H groups in total. The van der Waals surface area contributed by atoms with E-state index >= 15 is 0 Å². The van der Waals surface area contributed by atoms with E-state index in [0.29, 0.717) is 0 Å². The lowest BCUT2D eigenvalue weighted by Gasteiger charge is -2.09. The molecule has 1 heterocycles. The van der Waals surface area contributed by atoms with Gasteiger partial charge in [-0.25, -0.2) is 22.3 Å². The zero-order valence-electron chi connectivity index (χ0n) is 8.64. The van der Waals surface area contributed by atoms with Crippen LogP contribution in [0.5, 0.6) is 0 Å². The zero-order valence-corrected chi connectivity index (χ0v) is 9.45. The molecule has 0 aliphatic heterocycles. The van der Waals surface area contributed by atoms with Crippen LogP contribution in [0.25, 0.3) is 0 Å². The van der Waals surface area contributed by atoms with Gasteiger partial charge in [-0.1, -0.05) is 0 Å². The van der Waals surface area contributed by atoms with Crippen LogP contribution in [0.2, 0.25) is 0 Å². The van der Waals surface area contributed by atoms with Gasteiger partial charge in [0, 0.05) is 6.54 Å². The molecule has 1 unspecified atom stereocenters. The van der Waals surface area contributed by atoms with Gasteiger partial charge < -0.3 is 14.8 Å². The van der Waals surface area contributed by atoms with Crippen LogP contribution in [-0.2, 0) is 16.6 Å². The van der Waals surface area contributed by atoms with Crippen LogP contribution >= 0.6 is 0 Å². The van der Waals surface area contributed by atoms with E-state index in [2.05, 4.69) is 5.32 Å². The van der Waals surface area contributed by atoms with Gasteiger partial charge in [-0.3, -0.25) is 0 Å². The van der Waals surface area contributed by atoms with E-state index in [-0.39, 0.29) is 18.8 Å². The number of aliphatic hydroxyl groups is 1. The molecule has 0 saturated carbocycles. The van der Waals surface area contributed by atoms with Crippen LogP contribution in [0, 0.1) is 0 Å². The van der Waals surface area contributed by atoms with Gasteiger partial charge in [-0.15, -0.1) is 0 Å². The van der Waals surface area contributed by atoms with Crippen molar-refractivity contribution < 1.29 is 26.7 Å². The fourth-order valence-corrected chi connectivity index (χ4v) is 1.52. The third kappa shape index (κ3) is 4.38. The quantitative estimate of drug-likeness (QED) is 0.654. The minimum Gasteiger partial charge on any atom is -0.447 e. The Bertz CT molecular complexity index is 460. The summed E-state index contributed by atoms with van der Waals surface area (Å²) < 4.78 is 50.3. The Hall–Kier alpha value is -1.03. The van der Waals surface area contributed by atoms with Crippen molar-refractivity contribution in [2.75, 3.05) is 6.54 Å². The van der Waals surface area contributed by atoms with Gasteiger partial charge in [0.25, 0.3) is 16.4 Å². The van der Waals surface area contributed by atoms with Crippen molar-refractivity contribution in [3.05, 3.63) is 17.9 Å². The molecule has 0 spiro atoms. The highest BCUT2D eigenvalue weighted by Crippen LogP contribution is 2.11. The molecule has 0 saturated heterocycles. The zero-order chi connectivity index (χ0) is 13.1. The molecule has 98 valence electrons. The lowest BCUT2D eigenvalue weighted by molar-refractivity contribution is -0.00362. The second-order valence-electron chi connectivity index (χ2n) is 3.30. The Balaban J connectivity index is 2.46. The molecular formula is C8H12F2N2O4S. The molecule has 6 nitrogen and oxygen atoms in total. The molecule has 0 amide bonds. The average molecular weight is 270 g/mol. The van der Waals surface area contributed by atoms with Crippen molar-refractivity contribution in [1.82, 2.24) is 5.32 Å². The molecule has 9 heteroatoms. The molecule has 1 aromatic heterocycles. The summed E-state index contributed by atoms with van der Waals surface area (Å²) in [6.07, 6.45) is -4.61. The van der Waals surface area contributed by atoms with Gasteiger partial charge in [-0.2, -0.15) is 0 Å². The van der Waals surface area contributed by atoms with Crippen molar-refractivity contribution in [2.45, 2.75) is 24.2 Å². The summed E-state index contributed by atoms with van der Waals surface area (Å²) in [5.74, 6) is 0.218. The summed E-state index contributed by atoms with van der Waals surface area (Å²) >= 11 is 0. The molecule has 0 aliphatic carbocycles. The van der Waals surface area contributed by atoms with E-state index in [0.717, 1.165) is 6.07 Å². The molecular weight excluding hydrogens is 258 g/mol. The van der Waals surface area contributed by atoms with Gasteiger partial charge in [0.05, 0.1) is 6.54 Å². The fourth-order valence-electron chi connectivity index (χ4n) is 1.04. The number of primary sulfonamides is 1. The number of rotatable bonds is 6. The highest BCUT2D eigenvalue weighted by Gasteiger charge is 2.17. The van der Waals surface area contributed by atoms with Crippen molar-refractivity contribution in [3.63, 3.8) is 0 Å². The molecule has 0 aliphatic rings. The predicted octanol–water partition coefficient (Wildman–Crippen LogP) is -0.357. The summed E-state index contributed by atoms with van der Waals surface area (Å²) in [4.78, 5) is 0. The second-order valence-corrected chi connectivity index (χ2v) is 4.79. The molecule has 0 radical (unpaired) electrons. The minimum absolute atomic E-state index is 0.0132. The van der Waals surface area contributed by atoms with Crippen molar-refractivity contribution in [3.8, 4) is 0 Å². The predicted molar refractivity (Wildman–Crippen MR) is 53.8 cm³/mol. The van der Waals surface area contributed by atoms with E-state index in [4.69, 9.17) is 14.7 Å². The van der Waals surface area contributed by atoms with Crippen LogP contribution < -0.4 is 10.5 Å². The SMILES string of the molecule is NS(=O)(=O)c1ccc(CNCC(O)C(F)F)o1. The smallest absolute Gasteiger partial charge is 0.271 e. The number of alkyl halides is 2. The van der Waals surface area contributed by atoms with Gasteiger partial charge in [-0.05, 0) is 12.1 Å². The maximum Gasteiger partial charge on any atom is 0.271 e.